The molecular formula is C14H14N2O3. The van der Waals surface area contributed by atoms with Gasteiger partial charge in [-0.25, -0.2) is 4.79 Å². The van der Waals surface area contributed by atoms with E-state index in [0.29, 0.717) is 5.82 Å². The summed E-state index contributed by atoms with van der Waals surface area (Å²) in [4.78, 5) is 24.8. The molecule has 0 unspecified atom stereocenters. The van der Waals surface area contributed by atoms with E-state index in [-0.39, 0.29) is 5.56 Å². The van der Waals surface area contributed by atoms with Crippen molar-refractivity contribution >= 4 is 17.5 Å². The fourth-order valence-electron chi connectivity index (χ4n) is 1.71. The summed E-state index contributed by atoms with van der Waals surface area (Å²) < 4.78 is 0. The minimum atomic E-state index is -1.13. The maximum atomic E-state index is 11.4. The molecule has 0 saturated heterocycles. The number of carboxylic acid groups (broad SMARTS) is 1. The summed E-state index contributed by atoms with van der Waals surface area (Å²) in [6, 6.07) is 8.19. The summed E-state index contributed by atoms with van der Waals surface area (Å²) in [6.07, 6.45) is 0. The van der Waals surface area contributed by atoms with Crippen molar-refractivity contribution in [2.75, 3.05) is 5.32 Å². The zero-order valence-electron chi connectivity index (χ0n) is 10.7. The molecule has 98 valence electrons. The molecule has 0 saturated carbocycles. The number of nitrogens with one attached hydrogen (secondary N) is 2. The minimum absolute atomic E-state index is 0.0462. The predicted octanol–water partition coefficient (Wildman–Crippen LogP) is 2.43. The zero-order valence-corrected chi connectivity index (χ0v) is 10.7. The van der Waals surface area contributed by atoms with E-state index in [4.69, 9.17) is 5.11 Å². The van der Waals surface area contributed by atoms with Gasteiger partial charge in [-0.1, -0.05) is 6.07 Å². The van der Waals surface area contributed by atoms with Gasteiger partial charge < -0.3 is 15.4 Å². The first-order chi connectivity index (χ1) is 8.95. The third-order valence-corrected chi connectivity index (χ3v) is 2.88. The molecule has 2 aromatic rings. The first-order valence-electron chi connectivity index (χ1n) is 5.77. The van der Waals surface area contributed by atoms with E-state index in [9.17, 15) is 9.59 Å². The number of aromatic amines is 1. The molecule has 0 atom stereocenters. The predicted molar refractivity (Wildman–Crippen MR) is 73.2 cm³/mol. The van der Waals surface area contributed by atoms with Gasteiger partial charge >= 0.3 is 5.97 Å². The van der Waals surface area contributed by atoms with Gasteiger partial charge in [-0.2, -0.15) is 0 Å². The second-order valence-corrected chi connectivity index (χ2v) is 4.38. The van der Waals surface area contributed by atoms with Crippen molar-refractivity contribution in [1.82, 2.24) is 4.98 Å². The minimum Gasteiger partial charge on any atom is -0.478 e. The molecule has 0 radical (unpaired) electrons. The van der Waals surface area contributed by atoms with Crippen LogP contribution in [0.2, 0.25) is 0 Å². The molecule has 5 heteroatoms. The van der Waals surface area contributed by atoms with Crippen molar-refractivity contribution in [3.05, 3.63) is 57.4 Å². The fourth-order valence-corrected chi connectivity index (χ4v) is 1.71. The van der Waals surface area contributed by atoms with Gasteiger partial charge in [0.1, 0.15) is 5.82 Å². The molecule has 2 rings (SSSR count). The van der Waals surface area contributed by atoms with Crippen LogP contribution in [-0.4, -0.2) is 16.1 Å². The number of pyridine rings is 1. The Bertz CT molecular complexity index is 689. The van der Waals surface area contributed by atoms with Gasteiger partial charge in [-0.05, 0) is 43.2 Å². The quantitative estimate of drug-likeness (QED) is 0.789. The molecule has 19 heavy (non-hydrogen) atoms. The van der Waals surface area contributed by atoms with Crippen LogP contribution in [0.15, 0.2) is 35.1 Å². The van der Waals surface area contributed by atoms with Gasteiger partial charge in [0.05, 0.1) is 5.56 Å². The Morgan fingerprint density at radius 2 is 1.89 bits per heavy atom. The van der Waals surface area contributed by atoms with Crippen LogP contribution in [0.25, 0.3) is 0 Å². The number of carboxylic acids is 1. The van der Waals surface area contributed by atoms with Gasteiger partial charge in [-0.15, -0.1) is 0 Å². The van der Waals surface area contributed by atoms with Gasteiger partial charge in [0.25, 0.3) is 0 Å². The highest BCUT2D eigenvalue weighted by molar-refractivity contribution is 5.88. The number of hydrogen-bond acceptors (Lipinski definition) is 3. The monoisotopic (exact) mass is 258 g/mol. The molecule has 0 aliphatic carbocycles. The van der Waals surface area contributed by atoms with Crippen LogP contribution in [0, 0.1) is 13.8 Å². The maximum absolute atomic E-state index is 11.4. The first-order valence-corrected chi connectivity index (χ1v) is 5.77. The number of benzene rings is 1. The molecular weight excluding hydrogens is 244 g/mol. The molecule has 1 aromatic carbocycles. The summed E-state index contributed by atoms with van der Waals surface area (Å²) >= 11 is 0. The number of anilines is 2. The normalized spacial score (nSPS) is 10.2. The molecule has 0 aliphatic heterocycles. The number of hydrogen-bond donors (Lipinski definition) is 3. The fraction of sp³-hybridized carbons (Fsp3) is 0.143. The highest BCUT2D eigenvalue weighted by Gasteiger charge is 2.06. The van der Waals surface area contributed by atoms with Gasteiger partial charge in [-0.3, -0.25) is 4.79 Å². The average Bonchev–Trinajstić information content (AvgIpc) is 2.33. The number of rotatable bonds is 3. The molecule has 1 heterocycles. The number of H-pyrrole nitrogens is 1. The number of aromatic nitrogens is 1. The molecule has 1 aromatic heterocycles. The summed E-state index contributed by atoms with van der Waals surface area (Å²) in [5.41, 5.74) is 2.57. The largest absolute Gasteiger partial charge is 0.478 e. The molecule has 0 aliphatic rings. The van der Waals surface area contributed by atoms with Crippen LogP contribution in [0.3, 0.4) is 0 Å². The van der Waals surface area contributed by atoms with E-state index >= 15 is 0 Å². The Kier molecular flexibility index (Phi) is 3.37. The van der Waals surface area contributed by atoms with Crippen molar-refractivity contribution in [3.8, 4) is 0 Å². The lowest BCUT2D eigenvalue weighted by molar-refractivity contribution is 0.0696. The van der Waals surface area contributed by atoms with Crippen molar-refractivity contribution in [2.24, 2.45) is 0 Å². The van der Waals surface area contributed by atoms with E-state index in [2.05, 4.69) is 10.3 Å². The van der Waals surface area contributed by atoms with Crippen LogP contribution in [-0.2, 0) is 0 Å². The Hall–Kier alpha value is -2.56. The van der Waals surface area contributed by atoms with Crippen molar-refractivity contribution < 1.29 is 9.90 Å². The van der Waals surface area contributed by atoms with Crippen molar-refractivity contribution in [3.63, 3.8) is 0 Å². The highest BCUT2D eigenvalue weighted by atomic mass is 16.4. The number of aromatic carboxylic acids is 1. The van der Waals surface area contributed by atoms with E-state index in [1.54, 1.807) is 0 Å². The van der Waals surface area contributed by atoms with Crippen LogP contribution in [0.1, 0.15) is 21.5 Å². The summed E-state index contributed by atoms with van der Waals surface area (Å²) in [5, 5.41) is 11.9. The lowest BCUT2D eigenvalue weighted by Gasteiger charge is -2.09. The second kappa shape index (κ2) is 4.97. The Morgan fingerprint density at radius 1 is 1.16 bits per heavy atom. The average molecular weight is 258 g/mol. The van der Waals surface area contributed by atoms with Crippen LogP contribution in [0.4, 0.5) is 11.5 Å². The molecule has 0 bridgehead atoms. The molecule has 0 fully saturated rings. The smallest absolute Gasteiger partial charge is 0.336 e. The lowest BCUT2D eigenvalue weighted by atomic mass is 10.1. The number of aryl methyl sites for hydroxylation is 2. The lowest BCUT2D eigenvalue weighted by Crippen LogP contribution is -2.11. The summed E-state index contributed by atoms with van der Waals surface area (Å²) in [7, 11) is 0. The van der Waals surface area contributed by atoms with Crippen molar-refractivity contribution in [2.45, 2.75) is 13.8 Å². The van der Waals surface area contributed by atoms with Gasteiger partial charge in [0.2, 0.25) is 5.56 Å². The maximum Gasteiger partial charge on any atom is 0.336 e. The van der Waals surface area contributed by atoms with E-state index in [0.717, 1.165) is 17.3 Å². The molecule has 0 spiro atoms. The zero-order chi connectivity index (χ0) is 14.0. The summed E-state index contributed by atoms with van der Waals surface area (Å²) in [6.45, 7) is 3.99. The van der Waals surface area contributed by atoms with Crippen LogP contribution < -0.4 is 10.9 Å². The Labute approximate surface area is 109 Å². The van der Waals surface area contributed by atoms with E-state index in [1.807, 2.05) is 32.0 Å². The van der Waals surface area contributed by atoms with E-state index in [1.165, 1.54) is 11.6 Å². The van der Waals surface area contributed by atoms with Crippen LogP contribution >= 0.6 is 0 Å². The first kappa shape index (κ1) is 12.9. The Balaban J connectivity index is 2.35. The molecule has 3 N–H and O–H groups in total. The molecule has 0 amide bonds. The Morgan fingerprint density at radius 3 is 2.53 bits per heavy atom. The van der Waals surface area contributed by atoms with Gasteiger partial charge in [0, 0.05) is 11.8 Å². The van der Waals surface area contributed by atoms with E-state index < -0.39 is 11.5 Å². The second-order valence-electron chi connectivity index (χ2n) is 4.38. The topological polar surface area (TPSA) is 82.2 Å². The van der Waals surface area contributed by atoms with Crippen molar-refractivity contribution in [1.29, 1.82) is 0 Å². The van der Waals surface area contributed by atoms with Gasteiger partial charge in [0.15, 0.2) is 0 Å². The highest BCUT2D eigenvalue weighted by Crippen LogP contribution is 2.18. The summed E-state index contributed by atoms with van der Waals surface area (Å²) in [5.74, 6) is -0.776. The molecule has 5 nitrogen and oxygen atoms in total. The third kappa shape index (κ3) is 3.01. The van der Waals surface area contributed by atoms with Crippen LogP contribution in [0.5, 0.6) is 0 Å². The third-order valence-electron chi connectivity index (χ3n) is 2.88. The standard InChI is InChI=1S/C14H14N2O3/c1-8-3-4-11(5-9(8)2)15-12-6-10(14(18)19)7-13(17)16-12/h3-7H,1-2H3,(H,18,19)(H2,15,16,17). The number of carbonyl (C=O) groups is 1. The SMILES string of the molecule is Cc1ccc(Nc2cc(C(=O)O)cc(=O)[nH]2)cc1C.